The molecule has 1 amide bonds. The van der Waals surface area contributed by atoms with Gasteiger partial charge in [-0.05, 0) is 70.4 Å². The lowest BCUT2D eigenvalue weighted by Crippen LogP contribution is -2.42. The van der Waals surface area contributed by atoms with Gasteiger partial charge in [-0.2, -0.15) is 0 Å². The molecule has 6 nitrogen and oxygen atoms in total. The lowest BCUT2D eigenvalue weighted by molar-refractivity contribution is -0.116. The van der Waals surface area contributed by atoms with Crippen molar-refractivity contribution in [3.63, 3.8) is 0 Å². The van der Waals surface area contributed by atoms with E-state index in [9.17, 15) is 4.79 Å². The van der Waals surface area contributed by atoms with Crippen LogP contribution in [0.15, 0.2) is 29.3 Å². The molecule has 0 aliphatic heterocycles. The topological polar surface area (TPSA) is 68.8 Å². The van der Waals surface area contributed by atoms with Crippen LogP contribution in [0, 0.1) is 0 Å². The molecule has 0 spiro atoms. The van der Waals surface area contributed by atoms with Gasteiger partial charge in [0.2, 0.25) is 5.91 Å². The molecule has 0 fully saturated rings. The second-order valence-corrected chi connectivity index (χ2v) is 7.40. The Bertz CT molecular complexity index is 602. The van der Waals surface area contributed by atoms with E-state index in [4.69, 9.17) is 4.99 Å². The van der Waals surface area contributed by atoms with Crippen LogP contribution in [-0.4, -0.2) is 49.0 Å². The summed E-state index contributed by atoms with van der Waals surface area (Å²) in [6.45, 7) is 15.5. The minimum atomic E-state index is 0. The molecule has 1 atom stereocenters. The highest BCUT2D eigenvalue weighted by molar-refractivity contribution is 14.0. The van der Waals surface area contributed by atoms with Crippen molar-refractivity contribution in [1.82, 2.24) is 15.5 Å². The number of carbonyl (C=O) groups is 1. The summed E-state index contributed by atoms with van der Waals surface area (Å²) < 4.78 is 0. The molecule has 1 aromatic carbocycles. The molecule has 0 saturated heterocycles. The highest BCUT2D eigenvalue weighted by atomic mass is 127. The van der Waals surface area contributed by atoms with Gasteiger partial charge in [0.05, 0.1) is 6.54 Å². The third kappa shape index (κ3) is 12.4. The van der Waals surface area contributed by atoms with E-state index >= 15 is 0 Å². The summed E-state index contributed by atoms with van der Waals surface area (Å²) in [5.74, 6) is 0.912. The number of guanidine groups is 1. The fourth-order valence-electron chi connectivity index (χ4n) is 3.10. The normalized spacial score (nSPS) is 12.3. The average molecular weight is 532 g/mol. The summed E-state index contributed by atoms with van der Waals surface area (Å²) in [4.78, 5) is 18.9. The smallest absolute Gasteiger partial charge is 0.224 e. The number of rotatable bonds is 13. The first-order valence-corrected chi connectivity index (χ1v) is 11.2. The van der Waals surface area contributed by atoms with Crippen molar-refractivity contribution >= 4 is 41.5 Å². The molecule has 0 heterocycles. The predicted molar refractivity (Wildman–Crippen MR) is 140 cm³/mol. The second-order valence-electron chi connectivity index (χ2n) is 7.40. The maximum Gasteiger partial charge on any atom is 0.224 e. The van der Waals surface area contributed by atoms with Crippen LogP contribution in [0.1, 0.15) is 65.9 Å². The predicted octanol–water partition coefficient (Wildman–Crippen LogP) is 4.61. The van der Waals surface area contributed by atoms with Crippen molar-refractivity contribution in [3.05, 3.63) is 29.8 Å². The quantitative estimate of drug-likeness (QED) is 0.198. The van der Waals surface area contributed by atoms with Crippen LogP contribution in [0.4, 0.5) is 5.69 Å². The van der Waals surface area contributed by atoms with E-state index in [1.165, 1.54) is 6.42 Å². The zero-order valence-corrected chi connectivity index (χ0v) is 21.8. The van der Waals surface area contributed by atoms with Crippen molar-refractivity contribution in [3.8, 4) is 0 Å². The van der Waals surface area contributed by atoms with E-state index in [2.05, 4.69) is 48.5 Å². The van der Waals surface area contributed by atoms with Crippen molar-refractivity contribution in [2.45, 2.75) is 72.9 Å². The van der Waals surface area contributed by atoms with E-state index < -0.39 is 0 Å². The minimum Gasteiger partial charge on any atom is -0.357 e. The van der Waals surface area contributed by atoms with E-state index in [-0.39, 0.29) is 29.9 Å². The first-order valence-electron chi connectivity index (χ1n) is 11.2. The fourth-order valence-corrected chi connectivity index (χ4v) is 3.10. The molecule has 0 aliphatic carbocycles. The van der Waals surface area contributed by atoms with Crippen LogP contribution in [0.3, 0.4) is 0 Å². The van der Waals surface area contributed by atoms with Gasteiger partial charge >= 0.3 is 0 Å². The van der Waals surface area contributed by atoms with Gasteiger partial charge in [-0.25, -0.2) is 4.99 Å². The van der Waals surface area contributed by atoms with Gasteiger partial charge in [0.1, 0.15) is 0 Å². The number of nitrogens with zero attached hydrogens (tertiary/aromatic N) is 2. The SMILES string of the molecule is CCCC(=O)Nc1ccc(CN=C(NCC)NC(C)CCCN(CC)CC)cc1.I. The maximum absolute atomic E-state index is 11.7. The number of amides is 1. The number of carbonyl (C=O) groups excluding carboxylic acids is 1. The molecule has 0 aromatic heterocycles. The number of hydrogen-bond donors (Lipinski definition) is 3. The van der Waals surface area contributed by atoms with Crippen molar-refractivity contribution < 1.29 is 4.79 Å². The Labute approximate surface area is 200 Å². The summed E-state index contributed by atoms with van der Waals surface area (Å²) in [6.07, 6.45) is 3.71. The van der Waals surface area contributed by atoms with Crippen LogP contribution >= 0.6 is 24.0 Å². The fraction of sp³-hybridized carbons (Fsp3) is 0.652. The first-order chi connectivity index (χ1) is 14.0. The Kier molecular flexibility index (Phi) is 16.6. The number of halogens is 1. The van der Waals surface area contributed by atoms with Gasteiger partial charge in [0.15, 0.2) is 5.96 Å². The molecule has 1 aromatic rings. The molecule has 30 heavy (non-hydrogen) atoms. The third-order valence-corrected chi connectivity index (χ3v) is 4.87. The Balaban J connectivity index is 0.00000841. The van der Waals surface area contributed by atoms with Gasteiger partial charge in [-0.3, -0.25) is 4.79 Å². The van der Waals surface area contributed by atoms with Gasteiger partial charge in [0.25, 0.3) is 0 Å². The van der Waals surface area contributed by atoms with Gasteiger partial charge in [-0.1, -0.05) is 32.9 Å². The summed E-state index contributed by atoms with van der Waals surface area (Å²) in [5.41, 5.74) is 1.95. The van der Waals surface area contributed by atoms with Crippen molar-refractivity contribution in [2.75, 3.05) is 31.5 Å². The van der Waals surface area contributed by atoms with Crippen LogP contribution in [0.5, 0.6) is 0 Å². The highest BCUT2D eigenvalue weighted by Gasteiger charge is 2.07. The Morgan fingerprint density at radius 2 is 1.77 bits per heavy atom. The molecular formula is C23H42IN5O. The molecule has 7 heteroatoms. The zero-order chi connectivity index (χ0) is 21.5. The van der Waals surface area contributed by atoms with Crippen LogP contribution in [-0.2, 0) is 11.3 Å². The molecule has 1 unspecified atom stereocenters. The third-order valence-electron chi connectivity index (χ3n) is 4.87. The molecule has 0 aliphatic rings. The van der Waals surface area contributed by atoms with E-state index in [0.29, 0.717) is 19.0 Å². The highest BCUT2D eigenvalue weighted by Crippen LogP contribution is 2.11. The molecule has 0 saturated carbocycles. The van der Waals surface area contributed by atoms with Gasteiger partial charge < -0.3 is 20.9 Å². The summed E-state index contributed by atoms with van der Waals surface area (Å²) in [7, 11) is 0. The number of benzene rings is 1. The van der Waals surface area contributed by atoms with Crippen LogP contribution in [0.2, 0.25) is 0 Å². The Morgan fingerprint density at radius 3 is 2.33 bits per heavy atom. The summed E-state index contributed by atoms with van der Waals surface area (Å²) in [6, 6.07) is 8.28. The minimum absolute atomic E-state index is 0. The van der Waals surface area contributed by atoms with Crippen molar-refractivity contribution in [1.29, 1.82) is 0 Å². The Morgan fingerprint density at radius 1 is 1.10 bits per heavy atom. The average Bonchev–Trinajstić information content (AvgIpc) is 2.71. The van der Waals surface area contributed by atoms with Gasteiger partial charge in [0, 0.05) is 24.7 Å². The first kappa shape index (κ1) is 28.6. The molecule has 172 valence electrons. The standard InChI is InChI=1S/C23H41N5O.HI/c1-6-11-22(29)27-21-15-13-20(14-16-21)18-25-23(24-7-2)26-19(5)12-10-17-28(8-3)9-4;/h13-16,19H,6-12,17-18H2,1-5H3,(H,27,29)(H2,24,25,26);1H. The monoisotopic (exact) mass is 531 g/mol. The largest absolute Gasteiger partial charge is 0.357 e. The number of aliphatic imine (C=N–C) groups is 1. The zero-order valence-electron chi connectivity index (χ0n) is 19.5. The number of nitrogens with one attached hydrogen (secondary N) is 3. The number of hydrogen-bond acceptors (Lipinski definition) is 3. The lowest BCUT2D eigenvalue weighted by Gasteiger charge is -2.21. The van der Waals surface area contributed by atoms with E-state index in [0.717, 1.165) is 56.2 Å². The van der Waals surface area contributed by atoms with E-state index in [1.54, 1.807) is 0 Å². The Hall–Kier alpha value is -1.35. The molecule has 1 rings (SSSR count). The van der Waals surface area contributed by atoms with Gasteiger partial charge in [-0.15, -0.1) is 24.0 Å². The molecular weight excluding hydrogens is 489 g/mol. The number of anilines is 1. The molecule has 3 N–H and O–H groups in total. The summed E-state index contributed by atoms with van der Waals surface area (Å²) in [5, 5.41) is 9.76. The van der Waals surface area contributed by atoms with Crippen LogP contribution < -0.4 is 16.0 Å². The lowest BCUT2D eigenvalue weighted by atomic mass is 10.2. The maximum atomic E-state index is 11.7. The molecule has 0 radical (unpaired) electrons. The second kappa shape index (κ2) is 17.3. The van der Waals surface area contributed by atoms with E-state index in [1.807, 2.05) is 31.2 Å². The van der Waals surface area contributed by atoms with Crippen molar-refractivity contribution in [2.24, 2.45) is 4.99 Å². The molecule has 0 bridgehead atoms. The summed E-state index contributed by atoms with van der Waals surface area (Å²) >= 11 is 0. The van der Waals surface area contributed by atoms with Crippen LogP contribution in [0.25, 0.3) is 0 Å².